The number of methoxy groups -OCH3 is 1. The van der Waals surface area contributed by atoms with E-state index in [1.165, 1.54) is 0 Å². The quantitative estimate of drug-likeness (QED) is 0.788. The molecule has 1 aliphatic heterocycles. The molecule has 7 nitrogen and oxygen atoms in total. The molecule has 0 saturated carbocycles. The van der Waals surface area contributed by atoms with E-state index in [2.05, 4.69) is 15.7 Å². The first-order chi connectivity index (χ1) is 10.7. The number of nitrogens with zero attached hydrogens (tertiary/aromatic N) is 2. The van der Waals surface area contributed by atoms with Gasteiger partial charge < -0.3 is 14.8 Å². The van der Waals surface area contributed by atoms with Crippen molar-refractivity contribution in [2.45, 2.75) is 64.3 Å². The van der Waals surface area contributed by atoms with Crippen LogP contribution in [0.5, 0.6) is 0 Å². The summed E-state index contributed by atoms with van der Waals surface area (Å²) in [7, 11) is 1.68. The molecule has 0 aliphatic carbocycles. The van der Waals surface area contributed by atoms with Crippen LogP contribution in [0.2, 0.25) is 0 Å². The minimum absolute atomic E-state index is 0.0405. The van der Waals surface area contributed by atoms with E-state index in [9.17, 15) is 4.79 Å². The number of nitrogens with one attached hydrogen (secondary N) is 2. The molecule has 1 aromatic rings. The van der Waals surface area contributed by atoms with E-state index in [-0.39, 0.29) is 23.3 Å². The second-order valence-electron chi connectivity index (χ2n) is 7.13. The van der Waals surface area contributed by atoms with Gasteiger partial charge in [0.25, 0.3) is 0 Å². The first-order valence-electron chi connectivity index (χ1n) is 8.02. The number of carbonyl (C=O) groups is 1. The zero-order chi connectivity index (χ0) is 17.1. The lowest BCUT2D eigenvalue weighted by Gasteiger charge is -2.27. The smallest absolute Gasteiger partial charge is 0.320 e. The van der Waals surface area contributed by atoms with Crippen LogP contribution in [-0.2, 0) is 16.0 Å². The highest BCUT2D eigenvalue weighted by atomic mass is 16.5. The number of hydrogen-bond donors (Lipinski definition) is 2. The normalized spacial score (nSPS) is 22.0. The van der Waals surface area contributed by atoms with Gasteiger partial charge in [0.15, 0.2) is 5.82 Å². The maximum atomic E-state index is 12.2. The Balaban J connectivity index is 1.85. The molecule has 0 aromatic carbocycles. The highest BCUT2D eigenvalue weighted by Crippen LogP contribution is 2.37. The van der Waals surface area contributed by atoms with Crippen molar-refractivity contribution in [1.29, 1.82) is 0 Å². The second kappa shape index (κ2) is 6.88. The van der Waals surface area contributed by atoms with Gasteiger partial charge in [-0.15, -0.1) is 0 Å². The van der Waals surface area contributed by atoms with Crippen LogP contribution in [-0.4, -0.2) is 46.8 Å². The first kappa shape index (κ1) is 17.7. The molecule has 1 fully saturated rings. The van der Waals surface area contributed by atoms with Crippen molar-refractivity contribution in [2.24, 2.45) is 0 Å². The van der Waals surface area contributed by atoms with E-state index < -0.39 is 0 Å². The average Bonchev–Trinajstić information content (AvgIpc) is 2.91. The van der Waals surface area contributed by atoms with Crippen LogP contribution in [0.25, 0.3) is 0 Å². The van der Waals surface area contributed by atoms with Gasteiger partial charge in [-0.2, -0.15) is 5.10 Å². The molecule has 2 N–H and O–H groups in total. The number of ether oxygens (including phenoxy) is 2. The summed E-state index contributed by atoms with van der Waals surface area (Å²) in [6.07, 6.45) is 3.50. The van der Waals surface area contributed by atoms with Crippen LogP contribution in [0.4, 0.5) is 10.6 Å². The molecule has 2 heterocycles. The average molecular weight is 324 g/mol. The summed E-state index contributed by atoms with van der Waals surface area (Å²) in [5.74, 6) is 0.538. The van der Waals surface area contributed by atoms with Crippen molar-refractivity contribution < 1.29 is 14.3 Å². The second-order valence-corrected chi connectivity index (χ2v) is 7.13. The number of hydrogen-bond acceptors (Lipinski definition) is 4. The van der Waals surface area contributed by atoms with Crippen molar-refractivity contribution in [3.8, 4) is 0 Å². The van der Waals surface area contributed by atoms with Crippen molar-refractivity contribution in [3.05, 3.63) is 12.3 Å². The number of amides is 2. The highest BCUT2D eigenvalue weighted by Gasteiger charge is 2.46. The van der Waals surface area contributed by atoms with Gasteiger partial charge in [0.05, 0.1) is 17.2 Å². The Morgan fingerprint density at radius 1 is 1.48 bits per heavy atom. The number of urea groups is 1. The molecule has 1 unspecified atom stereocenters. The standard InChI is InChI=1S/C16H28N4O3/c1-15(2)11-12(16(3,4)23-15)17-14(21)18-13-7-9-20(19-13)8-6-10-22-5/h7,9,12H,6,8,10-11H2,1-5H3,(H2,17,18,19,21). The lowest BCUT2D eigenvalue weighted by molar-refractivity contribution is -0.0689. The fourth-order valence-electron chi connectivity index (χ4n) is 3.02. The Kier molecular flexibility index (Phi) is 5.31. The van der Waals surface area contributed by atoms with Crippen LogP contribution in [0.3, 0.4) is 0 Å². The molecular formula is C16H28N4O3. The van der Waals surface area contributed by atoms with Gasteiger partial charge >= 0.3 is 6.03 Å². The zero-order valence-corrected chi connectivity index (χ0v) is 14.7. The molecule has 1 aromatic heterocycles. The summed E-state index contributed by atoms with van der Waals surface area (Å²) in [5, 5.41) is 10.1. The number of aryl methyl sites for hydroxylation is 1. The fourth-order valence-corrected chi connectivity index (χ4v) is 3.02. The summed E-state index contributed by atoms with van der Waals surface area (Å²) in [6, 6.07) is 1.49. The van der Waals surface area contributed by atoms with Crippen molar-refractivity contribution >= 4 is 11.8 Å². The highest BCUT2D eigenvalue weighted by molar-refractivity contribution is 5.88. The maximum Gasteiger partial charge on any atom is 0.320 e. The minimum atomic E-state index is -0.389. The van der Waals surface area contributed by atoms with E-state index in [4.69, 9.17) is 9.47 Å². The van der Waals surface area contributed by atoms with Crippen LogP contribution < -0.4 is 10.6 Å². The van der Waals surface area contributed by atoms with Gasteiger partial charge in [-0.25, -0.2) is 4.79 Å². The van der Waals surface area contributed by atoms with E-state index in [0.29, 0.717) is 12.4 Å². The third kappa shape index (κ3) is 4.94. The van der Waals surface area contributed by atoms with Crippen molar-refractivity contribution in [1.82, 2.24) is 15.1 Å². The van der Waals surface area contributed by atoms with Crippen LogP contribution in [0.15, 0.2) is 12.3 Å². The molecule has 23 heavy (non-hydrogen) atoms. The maximum absolute atomic E-state index is 12.2. The lowest BCUT2D eigenvalue weighted by atomic mass is 9.95. The molecule has 0 radical (unpaired) electrons. The summed E-state index contributed by atoms with van der Waals surface area (Å²) in [4.78, 5) is 12.2. The Morgan fingerprint density at radius 2 is 2.22 bits per heavy atom. The van der Waals surface area contributed by atoms with E-state index in [1.54, 1.807) is 17.9 Å². The predicted octanol–water partition coefficient (Wildman–Crippen LogP) is 2.39. The molecule has 1 saturated heterocycles. The van der Waals surface area contributed by atoms with Crippen LogP contribution in [0.1, 0.15) is 40.5 Å². The summed E-state index contributed by atoms with van der Waals surface area (Å²) in [5.41, 5.74) is -0.620. The zero-order valence-electron chi connectivity index (χ0n) is 14.7. The number of aromatic nitrogens is 2. The summed E-state index contributed by atoms with van der Waals surface area (Å²) in [6.45, 7) is 9.52. The van der Waals surface area contributed by atoms with Gasteiger partial charge in [-0.05, 0) is 40.5 Å². The van der Waals surface area contributed by atoms with E-state index in [1.807, 2.05) is 33.9 Å². The summed E-state index contributed by atoms with van der Waals surface area (Å²) >= 11 is 0. The molecule has 1 aliphatic rings. The third-order valence-corrected chi connectivity index (χ3v) is 4.00. The molecule has 0 bridgehead atoms. The monoisotopic (exact) mass is 324 g/mol. The Hall–Kier alpha value is -1.60. The molecular weight excluding hydrogens is 296 g/mol. The van der Waals surface area contributed by atoms with Crippen molar-refractivity contribution in [2.75, 3.05) is 19.0 Å². The number of rotatable bonds is 6. The summed E-state index contributed by atoms with van der Waals surface area (Å²) < 4.78 is 12.8. The Labute approximate surface area is 137 Å². The molecule has 130 valence electrons. The molecule has 1 atom stereocenters. The van der Waals surface area contributed by atoms with E-state index >= 15 is 0 Å². The van der Waals surface area contributed by atoms with Gasteiger partial charge in [-0.1, -0.05) is 0 Å². The molecule has 2 rings (SSSR count). The lowest BCUT2D eigenvalue weighted by Crippen LogP contribution is -2.47. The molecule has 2 amide bonds. The minimum Gasteiger partial charge on any atom is -0.385 e. The third-order valence-electron chi connectivity index (χ3n) is 4.00. The van der Waals surface area contributed by atoms with Gasteiger partial charge in [0.1, 0.15) is 0 Å². The van der Waals surface area contributed by atoms with Gasteiger partial charge in [0.2, 0.25) is 0 Å². The van der Waals surface area contributed by atoms with E-state index in [0.717, 1.165) is 19.4 Å². The molecule has 7 heteroatoms. The number of carbonyl (C=O) groups excluding carboxylic acids is 1. The van der Waals surface area contributed by atoms with Gasteiger partial charge in [-0.3, -0.25) is 10.00 Å². The topological polar surface area (TPSA) is 77.4 Å². The van der Waals surface area contributed by atoms with Crippen molar-refractivity contribution in [3.63, 3.8) is 0 Å². The SMILES string of the molecule is COCCCn1ccc(NC(=O)NC2CC(C)(C)OC2(C)C)n1. The Morgan fingerprint density at radius 3 is 2.83 bits per heavy atom. The van der Waals surface area contributed by atoms with Crippen LogP contribution >= 0.6 is 0 Å². The molecule has 0 spiro atoms. The van der Waals surface area contributed by atoms with Crippen LogP contribution in [0, 0.1) is 0 Å². The number of anilines is 1. The fraction of sp³-hybridized carbons (Fsp3) is 0.750. The first-order valence-corrected chi connectivity index (χ1v) is 8.02. The van der Waals surface area contributed by atoms with Gasteiger partial charge in [0, 0.05) is 32.5 Å². The predicted molar refractivity (Wildman–Crippen MR) is 88.5 cm³/mol. The largest absolute Gasteiger partial charge is 0.385 e. The Bertz CT molecular complexity index is 539.